The van der Waals surface area contributed by atoms with Crippen molar-refractivity contribution in [3.63, 3.8) is 0 Å². The number of nitro benzene ring substituents is 1. The number of rotatable bonds is 9. The van der Waals surface area contributed by atoms with Crippen LogP contribution in [0.2, 0.25) is 0 Å². The summed E-state index contributed by atoms with van der Waals surface area (Å²) >= 11 is 0. The number of para-hydroxylation sites is 1. The molecule has 0 bridgehead atoms. The molecule has 0 aliphatic rings. The second kappa shape index (κ2) is 9.90. The molecule has 34 heavy (non-hydrogen) atoms. The van der Waals surface area contributed by atoms with Gasteiger partial charge in [0.1, 0.15) is 11.4 Å². The summed E-state index contributed by atoms with van der Waals surface area (Å²) in [5.74, 6) is 2.26. The van der Waals surface area contributed by atoms with Crippen molar-refractivity contribution in [2.45, 2.75) is 6.54 Å². The molecule has 0 aliphatic heterocycles. The molecule has 0 saturated heterocycles. The number of methoxy groups -OCH3 is 3. The van der Waals surface area contributed by atoms with Gasteiger partial charge in [0.2, 0.25) is 5.82 Å². The van der Waals surface area contributed by atoms with Crippen molar-refractivity contribution in [2.75, 3.05) is 26.6 Å². The molecule has 1 aromatic heterocycles. The van der Waals surface area contributed by atoms with Gasteiger partial charge in [-0.05, 0) is 36.4 Å². The maximum Gasteiger partial charge on any atom is 0.293 e. The van der Waals surface area contributed by atoms with Crippen molar-refractivity contribution < 1.29 is 23.7 Å². The van der Waals surface area contributed by atoms with E-state index in [0.717, 1.165) is 5.56 Å². The smallest absolute Gasteiger partial charge is 0.293 e. The molecule has 4 rings (SSSR count). The Morgan fingerprint density at radius 3 is 2.38 bits per heavy atom. The second-order valence-electron chi connectivity index (χ2n) is 7.15. The molecule has 3 aromatic carbocycles. The first kappa shape index (κ1) is 22.6. The minimum atomic E-state index is -0.459. The monoisotopic (exact) mass is 462 g/mol. The molecular weight excluding hydrogens is 440 g/mol. The highest BCUT2D eigenvalue weighted by Gasteiger charge is 2.19. The highest BCUT2D eigenvalue weighted by atomic mass is 16.6. The van der Waals surface area contributed by atoms with E-state index in [4.69, 9.17) is 18.7 Å². The lowest BCUT2D eigenvalue weighted by Gasteiger charge is -2.11. The molecule has 0 aliphatic carbocycles. The maximum atomic E-state index is 11.7. The summed E-state index contributed by atoms with van der Waals surface area (Å²) in [6.07, 6.45) is 0. The molecule has 0 radical (unpaired) electrons. The molecule has 0 fully saturated rings. The Labute approximate surface area is 195 Å². The number of benzene rings is 3. The largest absolute Gasteiger partial charge is 0.496 e. The van der Waals surface area contributed by atoms with E-state index >= 15 is 0 Å². The molecule has 174 valence electrons. The summed E-state index contributed by atoms with van der Waals surface area (Å²) < 4.78 is 21.3. The zero-order valence-corrected chi connectivity index (χ0v) is 18.8. The SMILES string of the molecule is COc1ccccc1CNc1ccc(-c2nc(-c3ccc(OC)c(OC)c3)no2)cc1[N+](=O)[O-]. The third-order valence-corrected chi connectivity index (χ3v) is 5.17. The number of hydrogen-bond donors (Lipinski definition) is 1. The Kier molecular flexibility index (Phi) is 6.58. The molecule has 10 nitrogen and oxygen atoms in total. The van der Waals surface area contributed by atoms with Crippen LogP contribution in [0.4, 0.5) is 11.4 Å². The number of nitrogens with one attached hydrogen (secondary N) is 1. The van der Waals surface area contributed by atoms with Crippen LogP contribution in [0, 0.1) is 10.1 Å². The Bertz CT molecular complexity index is 1320. The van der Waals surface area contributed by atoms with Crippen LogP contribution in [-0.2, 0) is 6.54 Å². The maximum absolute atomic E-state index is 11.7. The second-order valence-corrected chi connectivity index (χ2v) is 7.15. The van der Waals surface area contributed by atoms with Crippen LogP contribution in [0.15, 0.2) is 65.2 Å². The summed E-state index contributed by atoms with van der Waals surface area (Å²) in [5.41, 5.74) is 2.20. The third kappa shape index (κ3) is 4.60. The van der Waals surface area contributed by atoms with Gasteiger partial charge in [0, 0.05) is 29.3 Å². The number of anilines is 1. The molecule has 10 heteroatoms. The summed E-state index contributed by atoms with van der Waals surface area (Å²) in [7, 11) is 4.66. The minimum Gasteiger partial charge on any atom is -0.496 e. The average Bonchev–Trinajstić information content (AvgIpc) is 3.37. The van der Waals surface area contributed by atoms with E-state index in [1.807, 2.05) is 24.3 Å². The van der Waals surface area contributed by atoms with Gasteiger partial charge in [-0.2, -0.15) is 4.98 Å². The van der Waals surface area contributed by atoms with Gasteiger partial charge in [-0.1, -0.05) is 23.4 Å². The van der Waals surface area contributed by atoms with Gasteiger partial charge in [0.25, 0.3) is 11.6 Å². The van der Waals surface area contributed by atoms with Crippen molar-refractivity contribution in [1.82, 2.24) is 10.1 Å². The van der Waals surface area contributed by atoms with E-state index < -0.39 is 4.92 Å². The van der Waals surface area contributed by atoms with E-state index in [0.29, 0.717) is 46.4 Å². The van der Waals surface area contributed by atoms with Gasteiger partial charge in [-0.25, -0.2) is 0 Å². The zero-order chi connectivity index (χ0) is 24.1. The van der Waals surface area contributed by atoms with Gasteiger partial charge >= 0.3 is 0 Å². The van der Waals surface area contributed by atoms with Crippen LogP contribution in [0.5, 0.6) is 17.2 Å². The van der Waals surface area contributed by atoms with Crippen molar-refractivity contribution in [1.29, 1.82) is 0 Å². The average molecular weight is 462 g/mol. The molecule has 0 saturated carbocycles. The first-order valence-electron chi connectivity index (χ1n) is 10.2. The first-order valence-corrected chi connectivity index (χ1v) is 10.2. The van der Waals surface area contributed by atoms with Crippen molar-refractivity contribution in [3.8, 4) is 40.1 Å². The number of nitro groups is 1. The standard InChI is InChI=1S/C24H22N4O6/c1-31-20-7-5-4-6-17(20)14-25-18-10-8-16(12-19(18)28(29)30)24-26-23(27-34-24)15-9-11-21(32-2)22(13-15)33-3/h4-13,25H,14H2,1-3H3. The quantitative estimate of drug-likeness (QED) is 0.272. The van der Waals surface area contributed by atoms with E-state index in [1.165, 1.54) is 13.2 Å². The Morgan fingerprint density at radius 1 is 0.912 bits per heavy atom. The lowest BCUT2D eigenvalue weighted by molar-refractivity contribution is -0.383. The van der Waals surface area contributed by atoms with Crippen LogP contribution in [0.1, 0.15) is 5.56 Å². The fourth-order valence-corrected chi connectivity index (χ4v) is 3.44. The lowest BCUT2D eigenvalue weighted by Crippen LogP contribution is -2.04. The first-order chi connectivity index (χ1) is 16.5. The van der Waals surface area contributed by atoms with E-state index in [1.54, 1.807) is 44.6 Å². The number of ether oxygens (including phenoxy) is 3. The number of nitrogens with zero attached hydrogens (tertiary/aromatic N) is 3. The van der Waals surface area contributed by atoms with Gasteiger partial charge < -0.3 is 24.1 Å². The number of hydrogen-bond acceptors (Lipinski definition) is 9. The molecule has 0 amide bonds. The predicted molar refractivity (Wildman–Crippen MR) is 125 cm³/mol. The summed E-state index contributed by atoms with van der Waals surface area (Å²) in [4.78, 5) is 15.7. The predicted octanol–water partition coefficient (Wildman–Crippen LogP) is 4.95. The topological polar surface area (TPSA) is 122 Å². The Balaban J connectivity index is 1.59. The van der Waals surface area contributed by atoms with Gasteiger partial charge in [-0.3, -0.25) is 10.1 Å². The fourth-order valence-electron chi connectivity index (χ4n) is 3.44. The van der Waals surface area contributed by atoms with Crippen LogP contribution >= 0.6 is 0 Å². The van der Waals surface area contributed by atoms with Crippen molar-refractivity contribution in [3.05, 3.63) is 76.3 Å². The molecule has 4 aromatic rings. The molecule has 0 atom stereocenters. The normalized spacial score (nSPS) is 10.6. The van der Waals surface area contributed by atoms with Crippen LogP contribution in [-0.4, -0.2) is 36.4 Å². The molecule has 0 unspecified atom stereocenters. The third-order valence-electron chi connectivity index (χ3n) is 5.17. The van der Waals surface area contributed by atoms with E-state index in [9.17, 15) is 10.1 Å². The highest BCUT2D eigenvalue weighted by molar-refractivity contribution is 5.71. The molecule has 0 spiro atoms. The van der Waals surface area contributed by atoms with Crippen LogP contribution in [0.3, 0.4) is 0 Å². The minimum absolute atomic E-state index is 0.113. The molecule has 1 N–H and O–H groups in total. The van der Waals surface area contributed by atoms with Gasteiger partial charge in [-0.15, -0.1) is 0 Å². The van der Waals surface area contributed by atoms with Crippen molar-refractivity contribution in [2.24, 2.45) is 0 Å². The molecular formula is C24H22N4O6. The Hall–Kier alpha value is -4.60. The zero-order valence-electron chi connectivity index (χ0n) is 18.8. The van der Waals surface area contributed by atoms with E-state index in [2.05, 4.69) is 15.5 Å². The highest BCUT2D eigenvalue weighted by Crippen LogP contribution is 2.34. The lowest BCUT2D eigenvalue weighted by atomic mass is 10.1. The van der Waals surface area contributed by atoms with Crippen molar-refractivity contribution >= 4 is 11.4 Å². The van der Waals surface area contributed by atoms with Crippen LogP contribution in [0.25, 0.3) is 22.8 Å². The van der Waals surface area contributed by atoms with E-state index in [-0.39, 0.29) is 11.6 Å². The van der Waals surface area contributed by atoms with Gasteiger partial charge in [0.05, 0.1) is 26.3 Å². The summed E-state index contributed by atoms with van der Waals surface area (Å²) in [5, 5.41) is 18.9. The summed E-state index contributed by atoms with van der Waals surface area (Å²) in [6.45, 7) is 0.355. The number of aromatic nitrogens is 2. The summed E-state index contributed by atoms with van der Waals surface area (Å²) in [6, 6.07) is 17.4. The Morgan fingerprint density at radius 2 is 1.65 bits per heavy atom. The fraction of sp³-hybridized carbons (Fsp3) is 0.167. The van der Waals surface area contributed by atoms with Crippen LogP contribution < -0.4 is 19.5 Å². The molecule has 1 heterocycles. The van der Waals surface area contributed by atoms with Gasteiger partial charge in [0.15, 0.2) is 11.5 Å².